The minimum Gasteiger partial charge on any atom is -0.495 e. The number of anilines is 2. The molecule has 1 heterocycles. The molecule has 2 aromatic rings. The lowest BCUT2D eigenvalue weighted by molar-refractivity contribution is -0.138. The van der Waals surface area contributed by atoms with E-state index in [9.17, 15) is 4.79 Å². The highest BCUT2D eigenvalue weighted by molar-refractivity contribution is 7.80. The average Bonchev–Trinajstić information content (AvgIpc) is 3.05. The molecule has 1 aromatic heterocycles. The highest BCUT2D eigenvalue weighted by atomic mass is 32.1. The van der Waals surface area contributed by atoms with Crippen LogP contribution in [0.15, 0.2) is 22.0 Å². The molecule has 1 aliphatic rings. The second-order valence-corrected chi connectivity index (χ2v) is 8.99. The average molecular weight is 449 g/mol. The Balaban J connectivity index is 1.98. The van der Waals surface area contributed by atoms with Crippen molar-refractivity contribution in [2.24, 2.45) is 16.6 Å². The smallest absolute Gasteiger partial charge is 0.303 e. The van der Waals surface area contributed by atoms with E-state index in [-0.39, 0.29) is 18.4 Å². The minimum absolute atomic E-state index is 0.00928. The maximum absolute atomic E-state index is 11.2. The summed E-state index contributed by atoms with van der Waals surface area (Å²) in [4.78, 5) is 17.5. The summed E-state index contributed by atoms with van der Waals surface area (Å²) in [7, 11) is 1.61. The molecule has 0 bridgehead atoms. The maximum atomic E-state index is 11.2. The van der Waals surface area contributed by atoms with Gasteiger partial charge in [-0.1, -0.05) is 6.92 Å². The van der Waals surface area contributed by atoms with Crippen LogP contribution in [0.3, 0.4) is 0 Å². The number of hydrogen-bond acceptors (Lipinski definition) is 7. The van der Waals surface area contributed by atoms with Gasteiger partial charge >= 0.3 is 5.97 Å². The van der Waals surface area contributed by atoms with Gasteiger partial charge in [0.15, 0.2) is 0 Å². The van der Waals surface area contributed by atoms with Crippen molar-refractivity contribution in [1.29, 1.82) is 0 Å². The third kappa shape index (κ3) is 4.67. The Bertz CT molecular complexity index is 958. The second-order valence-electron chi connectivity index (χ2n) is 7.42. The summed E-state index contributed by atoms with van der Waals surface area (Å²) in [6, 6.07) is 3.62. The normalized spacial score (nSPS) is 17.0. The predicted molar refractivity (Wildman–Crippen MR) is 126 cm³/mol. The van der Waals surface area contributed by atoms with Crippen LogP contribution >= 0.6 is 24.0 Å². The third-order valence-electron chi connectivity index (χ3n) is 5.48. The molecule has 1 aliphatic carbocycles. The molecule has 0 fully saturated rings. The number of rotatable bonds is 8. The highest BCUT2D eigenvalue weighted by Crippen LogP contribution is 2.46. The van der Waals surface area contributed by atoms with Gasteiger partial charge in [-0.2, -0.15) is 0 Å². The zero-order valence-corrected chi connectivity index (χ0v) is 18.9. The molecule has 2 atom stereocenters. The molecule has 0 amide bonds. The maximum Gasteiger partial charge on any atom is 0.303 e. The molecule has 0 saturated heterocycles. The first-order valence-corrected chi connectivity index (χ1v) is 11.2. The Morgan fingerprint density at radius 2 is 2.30 bits per heavy atom. The van der Waals surface area contributed by atoms with Crippen LogP contribution in [0.2, 0.25) is 0 Å². The lowest BCUT2D eigenvalue weighted by Gasteiger charge is -2.25. The van der Waals surface area contributed by atoms with Crippen LogP contribution in [0.4, 0.5) is 16.4 Å². The molecule has 0 aliphatic heterocycles. The highest BCUT2D eigenvalue weighted by Gasteiger charge is 2.30. The van der Waals surface area contributed by atoms with Gasteiger partial charge in [0, 0.05) is 33.5 Å². The fourth-order valence-corrected chi connectivity index (χ4v) is 5.61. The number of fused-ring (bicyclic) bond motifs is 1. The number of nitrogens with one attached hydrogen (secondary N) is 1. The number of carbonyl (C=O) groups is 1. The number of nitrogen functional groups attached to an aromatic ring is 1. The summed E-state index contributed by atoms with van der Waals surface area (Å²) in [6.45, 7) is 2.11. The Kier molecular flexibility index (Phi) is 7.14. The lowest BCUT2D eigenvalue weighted by Crippen LogP contribution is -2.18. The molecule has 6 N–H and O–H groups in total. The van der Waals surface area contributed by atoms with Gasteiger partial charge in [-0.25, -0.2) is 4.99 Å². The van der Waals surface area contributed by atoms with Crippen molar-refractivity contribution in [1.82, 2.24) is 0 Å². The first-order valence-electron chi connectivity index (χ1n) is 9.91. The van der Waals surface area contributed by atoms with E-state index in [0.29, 0.717) is 16.3 Å². The van der Waals surface area contributed by atoms with Crippen LogP contribution in [0.25, 0.3) is 0 Å². The molecule has 0 saturated carbocycles. The number of nitrogens with two attached hydrogens (primary N) is 2. The number of thiol groups is 1. The SMILES string of the molecule is CCC(Nc1cc(S)c(N)cc1OC)c1c(N=CN)sc2c1CCC(CC(=O)O)C2. The summed E-state index contributed by atoms with van der Waals surface area (Å²) in [5.41, 5.74) is 15.4. The molecule has 2 unspecified atom stereocenters. The van der Waals surface area contributed by atoms with Crippen LogP contribution in [0.1, 0.15) is 48.2 Å². The summed E-state index contributed by atoms with van der Waals surface area (Å²) in [5.74, 6) is 0.0676. The summed E-state index contributed by atoms with van der Waals surface area (Å²) < 4.78 is 5.51. The van der Waals surface area contributed by atoms with Crippen LogP contribution in [0.5, 0.6) is 5.75 Å². The molecule has 0 spiro atoms. The first-order chi connectivity index (χ1) is 14.4. The zero-order valence-electron chi connectivity index (χ0n) is 17.1. The standard InChI is InChI=1S/C21H28N4O3S2/c1-3-14(25-15-9-17(29)13(23)8-16(15)28-2)20-12-5-4-11(7-19(26)27)6-18(12)30-21(20)24-10-22/h8-11,14,25,29H,3-7,23H2,1-2H3,(H2,22,24)(H,26,27). The van der Waals surface area contributed by atoms with Crippen LogP contribution in [0, 0.1) is 5.92 Å². The van der Waals surface area contributed by atoms with Crippen molar-refractivity contribution in [2.45, 2.75) is 50.0 Å². The van der Waals surface area contributed by atoms with E-state index in [1.165, 1.54) is 16.8 Å². The topological polar surface area (TPSA) is 123 Å². The van der Waals surface area contributed by atoms with Crippen LogP contribution in [-0.2, 0) is 17.6 Å². The van der Waals surface area contributed by atoms with Gasteiger partial charge in [0.25, 0.3) is 0 Å². The van der Waals surface area contributed by atoms with Gasteiger partial charge < -0.3 is 26.6 Å². The van der Waals surface area contributed by atoms with Gasteiger partial charge in [0.05, 0.1) is 25.2 Å². The minimum atomic E-state index is -0.744. The number of carboxylic acid groups (broad SMARTS) is 1. The molecule has 162 valence electrons. The van der Waals surface area contributed by atoms with Crippen LogP contribution in [-0.4, -0.2) is 24.5 Å². The van der Waals surface area contributed by atoms with E-state index in [1.54, 1.807) is 24.5 Å². The summed E-state index contributed by atoms with van der Waals surface area (Å²) >= 11 is 6.05. The first kappa shape index (κ1) is 22.3. The molecule has 3 rings (SSSR count). The van der Waals surface area contributed by atoms with E-state index in [1.807, 2.05) is 6.07 Å². The van der Waals surface area contributed by atoms with Crippen molar-refractivity contribution in [2.75, 3.05) is 18.2 Å². The number of carboxylic acids is 1. The second kappa shape index (κ2) is 9.61. The Morgan fingerprint density at radius 3 is 2.93 bits per heavy atom. The summed E-state index contributed by atoms with van der Waals surface area (Å²) in [5, 5.41) is 13.6. The van der Waals surface area contributed by atoms with E-state index in [4.69, 9.17) is 21.3 Å². The zero-order chi connectivity index (χ0) is 21.8. The van der Waals surface area contributed by atoms with Crippen LogP contribution < -0.4 is 21.5 Å². The fraction of sp³-hybridized carbons (Fsp3) is 0.429. The molecule has 9 heteroatoms. The number of thiophene rings is 1. The van der Waals surface area contributed by atoms with E-state index in [0.717, 1.165) is 41.9 Å². The van der Waals surface area contributed by atoms with Gasteiger partial charge in [-0.05, 0) is 43.2 Å². The van der Waals surface area contributed by atoms with E-state index in [2.05, 4.69) is 29.9 Å². The van der Waals surface area contributed by atoms with Crippen molar-refractivity contribution in [3.63, 3.8) is 0 Å². The number of methoxy groups -OCH3 is 1. The molecule has 30 heavy (non-hydrogen) atoms. The quantitative estimate of drug-likeness (QED) is 0.177. The van der Waals surface area contributed by atoms with Gasteiger partial charge in [-0.15, -0.1) is 24.0 Å². The van der Waals surface area contributed by atoms with Crippen molar-refractivity contribution in [3.8, 4) is 5.75 Å². The van der Waals surface area contributed by atoms with E-state index < -0.39 is 5.97 Å². The third-order valence-corrected chi connectivity index (χ3v) is 7.04. The van der Waals surface area contributed by atoms with Crippen molar-refractivity contribution < 1.29 is 14.6 Å². The number of hydrogen-bond donors (Lipinski definition) is 5. The number of aliphatic carboxylic acids is 1. The monoisotopic (exact) mass is 448 g/mol. The lowest BCUT2D eigenvalue weighted by atomic mass is 9.83. The predicted octanol–water partition coefficient (Wildman–Crippen LogP) is 4.39. The molecule has 1 aromatic carbocycles. The number of nitrogens with zero attached hydrogens (tertiary/aromatic N) is 1. The summed E-state index contributed by atoms with van der Waals surface area (Å²) in [6.07, 6.45) is 4.81. The van der Waals surface area contributed by atoms with Crippen molar-refractivity contribution >= 4 is 52.6 Å². The van der Waals surface area contributed by atoms with Crippen molar-refractivity contribution in [3.05, 3.63) is 28.1 Å². The molecule has 0 radical (unpaired) electrons. The molecular formula is C21H28N4O3S2. The van der Waals surface area contributed by atoms with Gasteiger partial charge in [0.2, 0.25) is 0 Å². The number of benzene rings is 1. The van der Waals surface area contributed by atoms with Gasteiger partial charge in [-0.3, -0.25) is 4.79 Å². The molecule has 7 nitrogen and oxygen atoms in total. The number of aliphatic imine (C=N–C) groups is 1. The Morgan fingerprint density at radius 1 is 1.53 bits per heavy atom. The van der Waals surface area contributed by atoms with Gasteiger partial charge in [0.1, 0.15) is 10.8 Å². The number of ether oxygens (including phenoxy) is 1. The fourth-order valence-electron chi connectivity index (χ4n) is 4.04. The largest absolute Gasteiger partial charge is 0.495 e. The Hall–Kier alpha value is -2.39. The van der Waals surface area contributed by atoms with E-state index >= 15 is 0 Å². The molecular weight excluding hydrogens is 420 g/mol. The Labute approximate surface area is 185 Å².